The maximum Gasteiger partial charge on any atom is 0.254 e. The van der Waals surface area contributed by atoms with Gasteiger partial charge in [-0.25, -0.2) is 0 Å². The zero-order valence-electron chi connectivity index (χ0n) is 14.8. The number of unbranched alkanes of at least 4 members (excludes halogenated alkanes) is 1. The minimum Gasteiger partial charge on any atom is -0.493 e. The molecule has 0 aliphatic carbocycles. The van der Waals surface area contributed by atoms with E-state index in [9.17, 15) is 9.59 Å². The van der Waals surface area contributed by atoms with Gasteiger partial charge in [0, 0.05) is 25.1 Å². The van der Waals surface area contributed by atoms with Crippen LogP contribution >= 0.6 is 0 Å². The molecule has 134 valence electrons. The lowest BCUT2D eigenvalue weighted by atomic mass is 10.1. The Morgan fingerprint density at radius 2 is 1.62 bits per heavy atom. The lowest BCUT2D eigenvalue weighted by molar-refractivity contribution is -0.118. The van der Waals surface area contributed by atoms with E-state index in [0.29, 0.717) is 29.4 Å². The number of benzene rings is 1. The number of carbonyl (C=O) groups excluding carboxylic acids is 2. The number of rotatable bonds is 10. The van der Waals surface area contributed by atoms with Gasteiger partial charge in [-0.1, -0.05) is 13.3 Å². The maximum atomic E-state index is 12.8. The van der Waals surface area contributed by atoms with Gasteiger partial charge < -0.3 is 24.8 Å². The van der Waals surface area contributed by atoms with Crippen molar-refractivity contribution in [1.29, 1.82) is 0 Å². The van der Waals surface area contributed by atoms with Crippen LogP contribution in [-0.4, -0.2) is 51.1 Å². The third kappa shape index (κ3) is 5.04. The van der Waals surface area contributed by atoms with Crippen LogP contribution in [0.5, 0.6) is 17.2 Å². The number of nitrogens with two attached hydrogens (primary N) is 1. The Bertz CT molecular complexity index is 549. The number of hydrogen-bond donors (Lipinski definition) is 1. The summed E-state index contributed by atoms with van der Waals surface area (Å²) in [5.41, 5.74) is 5.61. The van der Waals surface area contributed by atoms with Gasteiger partial charge in [-0.3, -0.25) is 9.59 Å². The van der Waals surface area contributed by atoms with Gasteiger partial charge in [-0.05, 0) is 18.6 Å². The van der Waals surface area contributed by atoms with Crippen molar-refractivity contribution in [3.8, 4) is 17.2 Å². The molecule has 2 amide bonds. The van der Waals surface area contributed by atoms with Crippen molar-refractivity contribution in [2.75, 3.05) is 34.4 Å². The SMILES string of the molecule is CCCCN(CCC(N)=O)C(=O)c1cc(OC)c(OC)c(OC)c1. The summed E-state index contributed by atoms with van der Waals surface area (Å²) in [5, 5.41) is 0. The molecule has 0 atom stereocenters. The number of amides is 2. The molecular formula is C17H26N2O5. The first-order valence-corrected chi connectivity index (χ1v) is 7.86. The smallest absolute Gasteiger partial charge is 0.254 e. The Morgan fingerprint density at radius 1 is 1.04 bits per heavy atom. The molecular weight excluding hydrogens is 312 g/mol. The van der Waals surface area contributed by atoms with Gasteiger partial charge in [0.2, 0.25) is 11.7 Å². The van der Waals surface area contributed by atoms with E-state index >= 15 is 0 Å². The lowest BCUT2D eigenvalue weighted by Gasteiger charge is -2.23. The molecule has 0 bridgehead atoms. The number of hydrogen-bond acceptors (Lipinski definition) is 5. The van der Waals surface area contributed by atoms with Gasteiger partial charge in [0.15, 0.2) is 11.5 Å². The minimum atomic E-state index is -0.436. The highest BCUT2D eigenvalue weighted by molar-refractivity contribution is 5.96. The first-order valence-electron chi connectivity index (χ1n) is 7.86. The van der Waals surface area contributed by atoms with Gasteiger partial charge in [0.1, 0.15) is 0 Å². The van der Waals surface area contributed by atoms with Crippen LogP contribution < -0.4 is 19.9 Å². The van der Waals surface area contributed by atoms with E-state index in [1.165, 1.54) is 21.3 Å². The Morgan fingerprint density at radius 3 is 2.04 bits per heavy atom. The molecule has 0 saturated carbocycles. The molecule has 0 aromatic heterocycles. The number of nitrogens with zero attached hydrogens (tertiary/aromatic N) is 1. The fourth-order valence-electron chi connectivity index (χ4n) is 2.30. The highest BCUT2D eigenvalue weighted by Gasteiger charge is 2.21. The van der Waals surface area contributed by atoms with Gasteiger partial charge in [0.25, 0.3) is 5.91 Å². The van der Waals surface area contributed by atoms with Crippen LogP contribution in [0.15, 0.2) is 12.1 Å². The summed E-state index contributed by atoms with van der Waals surface area (Å²) in [6.07, 6.45) is 1.91. The van der Waals surface area contributed by atoms with Crippen molar-refractivity contribution < 1.29 is 23.8 Å². The summed E-state index contributed by atoms with van der Waals surface area (Å²) in [4.78, 5) is 25.5. The van der Waals surface area contributed by atoms with E-state index in [0.717, 1.165) is 12.8 Å². The third-order valence-electron chi connectivity index (χ3n) is 3.61. The Hall–Kier alpha value is -2.44. The fraction of sp³-hybridized carbons (Fsp3) is 0.529. The number of primary amides is 1. The molecule has 7 nitrogen and oxygen atoms in total. The molecule has 2 N–H and O–H groups in total. The van der Waals surface area contributed by atoms with Gasteiger partial charge >= 0.3 is 0 Å². The molecule has 0 saturated heterocycles. The van der Waals surface area contributed by atoms with Crippen LogP contribution in [0.2, 0.25) is 0 Å². The average Bonchev–Trinajstić information content (AvgIpc) is 2.59. The van der Waals surface area contributed by atoms with Crippen molar-refractivity contribution in [3.05, 3.63) is 17.7 Å². The van der Waals surface area contributed by atoms with Gasteiger partial charge in [0.05, 0.1) is 21.3 Å². The lowest BCUT2D eigenvalue weighted by Crippen LogP contribution is -2.35. The molecule has 0 aliphatic rings. The molecule has 0 fully saturated rings. The molecule has 0 spiro atoms. The summed E-state index contributed by atoms with van der Waals surface area (Å²) in [6, 6.07) is 3.21. The normalized spacial score (nSPS) is 10.2. The van der Waals surface area contributed by atoms with E-state index in [1.807, 2.05) is 6.92 Å². The fourth-order valence-corrected chi connectivity index (χ4v) is 2.30. The van der Waals surface area contributed by atoms with Crippen molar-refractivity contribution in [2.24, 2.45) is 5.73 Å². The molecule has 24 heavy (non-hydrogen) atoms. The quantitative estimate of drug-likeness (QED) is 0.703. The monoisotopic (exact) mass is 338 g/mol. The first kappa shape index (κ1) is 19.6. The van der Waals surface area contributed by atoms with E-state index in [4.69, 9.17) is 19.9 Å². The predicted octanol–water partition coefficient (Wildman–Crippen LogP) is 1.83. The average molecular weight is 338 g/mol. The van der Waals surface area contributed by atoms with Crippen LogP contribution in [0.1, 0.15) is 36.5 Å². The standard InChI is InChI=1S/C17H26N2O5/c1-5-6-8-19(9-7-15(18)20)17(21)12-10-13(22-2)16(24-4)14(11-12)23-3/h10-11H,5-9H2,1-4H3,(H2,18,20). The second-order valence-electron chi connectivity index (χ2n) is 5.28. The van der Waals surface area contributed by atoms with E-state index in [1.54, 1.807) is 17.0 Å². The largest absolute Gasteiger partial charge is 0.493 e. The summed E-state index contributed by atoms with van der Waals surface area (Å²) < 4.78 is 15.8. The second kappa shape index (κ2) is 9.64. The molecule has 0 radical (unpaired) electrons. The summed E-state index contributed by atoms with van der Waals surface area (Å²) in [7, 11) is 4.49. The van der Waals surface area contributed by atoms with Crippen molar-refractivity contribution in [2.45, 2.75) is 26.2 Å². The molecule has 0 unspecified atom stereocenters. The topological polar surface area (TPSA) is 91.1 Å². The van der Waals surface area contributed by atoms with E-state index in [-0.39, 0.29) is 18.9 Å². The number of ether oxygens (including phenoxy) is 3. The number of methoxy groups -OCH3 is 3. The van der Waals surface area contributed by atoms with E-state index < -0.39 is 5.91 Å². The minimum absolute atomic E-state index is 0.125. The van der Waals surface area contributed by atoms with Crippen LogP contribution in [0.4, 0.5) is 0 Å². The zero-order chi connectivity index (χ0) is 18.1. The van der Waals surface area contributed by atoms with Crippen LogP contribution in [0.3, 0.4) is 0 Å². The molecule has 1 aromatic carbocycles. The zero-order valence-corrected chi connectivity index (χ0v) is 14.8. The van der Waals surface area contributed by atoms with Crippen LogP contribution in [-0.2, 0) is 4.79 Å². The number of carbonyl (C=O) groups is 2. The van der Waals surface area contributed by atoms with Crippen LogP contribution in [0, 0.1) is 0 Å². The third-order valence-corrected chi connectivity index (χ3v) is 3.61. The highest BCUT2D eigenvalue weighted by atomic mass is 16.5. The first-order chi connectivity index (χ1) is 11.5. The molecule has 1 aromatic rings. The highest BCUT2D eigenvalue weighted by Crippen LogP contribution is 2.38. The van der Waals surface area contributed by atoms with Gasteiger partial charge in [-0.2, -0.15) is 0 Å². The molecule has 1 rings (SSSR count). The van der Waals surface area contributed by atoms with Crippen molar-refractivity contribution in [1.82, 2.24) is 4.90 Å². The molecule has 7 heteroatoms. The predicted molar refractivity (Wildman–Crippen MR) is 90.7 cm³/mol. The van der Waals surface area contributed by atoms with Crippen molar-refractivity contribution >= 4 is 11.8 Å². The Kier molecular flexibility index (Phi) is 7.88. The van der Waals surface area contributed by atoms with Crippen LogP contribution in [0.25, 0.3) is 0 Å². The Balaban J connectivity index is 3.14. The molecule has 0 aliphatic heterocycles. The Labute approximate surface area is 142 Å². The van der Waals surface area contributed by atoms with Gasteiger partial charge in [-0.15, -0.1) is 0 Å². The second-order valence-corrected chi connectivity index (χ2v) is 5.28. The summed E-state index contributed by atoms with van der Waals surface area (Å²) in [5.74, 6) is 0.600. The van der Waals surface area contributed by atoms with Crippen molar-refractivity contribution in [3.63, 3.8) is 0 Å². The maximum absolute atomic E-state index is 12.8. The molecule has 0 heterocycles. The summed E-state index contributed by atoms with van der Waals surface area (Å²) in [6.45, 7) is 2.88. The summed E-state index contributed by atoms with van der Waals surface area (Å²) >= 11 is 0. The van der Waals surface area contributed by atoms with E-state index in [2.05, 4.69) is 0 Å².